The first kappa shape index (κ1) is 6.93. The number of benzene rings is 1. The van der Waals surface area contributed by atoms with E-state index in [0.29, 0.717) is 6.42 Å². The van der Waals surface area contributed by atoms with Crippen LogP contribution in [0.25, 0.3) is 11.0 Å². The van der Waals surface area contributed by atoms with Crippen molar-refractivity contribution in [3.8, 4) is 6.07 Å². The van der Waals surface area contributed by atoms with Crippen molar-refractivity contribution in [2.75, 3.05) is 0 Å². The molecule has 0 radical (unpaired) electrons. The van der Waals surface area contributed by atoms with Crippen molar-refractivity contribution in [1.82, 2.24) is 0 Å². The number of para-hydroxylation sites is 1. The van der Waals surface area contributed by atoms with E-state index in [1.54, 1.807) is 6.26 Å². The highest BCUT2D eigenvalue weighted by Gasteiger charge is 2.01. The molecule has 0 spiro atoms. The molecule has 0 bridgehead atoms. The summed E-state index contributed by atoms with van der Waals surface area (Å²) >= 11 is 0. The van der Waals surface area contributed by atoms with Gasteiger partial charge in [-0.3, -0.25) is 0 Å². The van der Waals surface area contributed by atoms with E-state index in [1.807, 2.05) is 24.3 Å². The normalized spacial score (nSPS) is 9.92. The second-order valence-electron chi connectivity index (χ2n) is 2.59. The maximum atomic E-state index is 8.52. The number of furan rings is 1. The van der Waals surface area contributed by atoms with Gasteiger partial charge in [0.1, 0.15) is 5.58 Å². The van der Waals surface area contributed by atoms with Gasteiger partial charge in [0.05, 0.1) is 18.8 Å². The average Bonchev–Trinajstić information content (AvgIpc) is 2.53. The van der Waals surface area contributed by atoms with E-state index in [2.05, 4.69) is 6.07 Å². The van der Waals surface area contributed by atoms with Gasteiger partial charge in [-0.2, -0.15) is 5.26 Å². The van der Waals surface area contributed by atoms with E-state index < -0.39 is 0 Å². The zero-order chi connectivity index (χ0) is 8.39. The SMILES string of the molecule is N#CCc1cccc2ccoc12. The highest BCUT2D eigenvalue weighted by molar-refractivity contribution is 5.80. The van der Waals surface area contributed by atoms with Gasteiger partial charge in [-0.05, 0) is 6.07 Å². The van der Waals surface area contributed by atoms with Crippen LogP contribution in [0, 0.1) is 11.3 Å². The molecule has 0 amide bonds. The summed E-state index contributed by atoms with van der Waals surface area (Å²) in [5, 5.41) is 9.58. The quantitative estimate of drug-likeness (QED) is 0.637. The van der Waals surface area contributed by atoms with Crippen molar-refractivity contribution in [1.29, 1.82) is 5.26 Å². The molecule has 0 aliphatic heterocycles. The number of hydrogen-bond acceptors (Lipinski definition) is 2. The van der Waals surface area contributed by atoms with Gasteiger partial charge in [-0.15, -0.1) is 0 Å². The van der Waals surface area contributed by atoms with E-state index in [0.717, 1.165) is 16.5 Å². The smallest absolute Gasteiger partial charge is 0.138 e. The van der Waals surface area contributed by atoms with Crippen LogP contribution in [0.3, 0.4) is 0 Å². The fraction of sp³-hybridized carbons (Fsp3) is 0.100. The van der Waals surface area contributed by atoms with Crippen molar-refractivity contribution in [3.05, 3.63) is 36.1 Å². The Morgan fingerprint density at radius 2 is 2.25 bits per heavy atom. The maximum absolute atomic E-state index is 8.52. The van der Waals surface area contributed by atoms with E-state index >= 15 is 0 Å². The summed E-state index contributed by atoms with van der Waals surface area (Å²) in [5.41, 5.74) is 1.79. The van der Waals surface area contributed by atoms with Gasteiger partial charge in [0.15, 0.2) is 0 Å². The molecule has 2 nitrogen and oxygen atoms in total. The molecule has 2 rings (SSSR count). The molecular weight excluding hydrogens is 150 g/mol. The first-order valence-electron chi connectivity index (χ1n) is 3.74. The number of fused-ring (bicyclic) bond motifs is 1. The van der Waals surface area contributed by atoms with Crippen molar-refractivity contribution < 1.29 is 4.42 Å². The van der Waals surface area contributed by atoms with Gasteiger partial charge in [-0.25, -0.2) is 0 Å². The number of nitrogens with zero attached hydrogens (tertiary/aromatic N) is 1. The van der Waals surface area contributed by atoms with Crippen LogP contribution in [0.15, 0.2) is 34.9 Å². The average molecular weight is 157 g/mol. The summed E-state index contributed by atoms with van der Waals surface area (Å²) in [4.78, 5) is 0. The summed E-state index contributed by atoms with van der Waals surface area (Å²) in [5.74, 6) is 0. The summed E-state index contributed by atoms with van der Waals surface area (Å²) in [6.45, 7) is 0. The minimum absolute atomic E-state index is 0.408. The summed E-state index contributed by atoms with van der Waals surface area (Å²) in [6, 6.07) is 9.82. The van der Waals surface area contributed by atoms with Crippen molar-refractivity contribution in [2.45, 2.75) is 6.42 Å². The Bertz CT molecular complexity index is 436. The number of hydrogen-bond donors (Lipinski definition) is 0. The van der Waals surface area contributed by atoms with Gasteiger partial charge >= 0.3 is 0 Å². The molecule has 58 valence electrons. The molecule has 0 atom stereocenters. The van der Waals surface area contributed by atoms with Gasteiger partial charge < -0.3 is 4.42 Å². The van der Waals surface area contributed by atoms with Crippen molar-refractivity contribution in [2.24, 2.45) is 0 Å². The lowest BCUT2D eigenvalue weighted by atomic mass is 10.1. The molecule has 2 aromatic rings. The van der Waals surface area contributed by atoms with Gasteiger partial charge in [-0.1, -0.05) is 18.2 Å². The molecule has 0 fully saturated rings. The van der Waals surface area contributed by atoms with E-state index in [-0.39, 0.29) is 0 Å². The predicted molar refractivity (Wildman–Crippen MR) is 45.5 cm³/mol. The summed E-state index contributed by atoms with van der Waals surface area (Å²) in [6.07, 6.45) is 2.05. The van der Waals surface area contributed by atoms with Crippen LogP contribution in [0.1, 0.15) is 5.56 Å². The lowest BCUT2D eigenvalue weighted by Gasteiger charge is -1.94. The molecule has 0 saturated carbocycles. The Balaban J connectivity index is 2.67. The molecule has 0 saturated heterocycles. The zero-order valence-corrected chi connectivity index (χ0v) is 6.45. The molecule has 2 heteroatoms. The maximum Gasteiger partial charge on any atom is 0.138 e. The fourth-order valence-electron chi connectivity index (χ4n) is 1.28. The third-order valence-corrected chi connectivity index (χ3v) is 1.83. The first-order chi connectivity index (χ1) is 5.92. The largest absolute Gasteiger partial charge is 0.464 e. The van der Waals surface area contributed by atoms with Crippen LogP contribution in [0.5, 0.6) is 0 Å². The third-order valence-electron chi connectivity index (χ3n) is 1.83. The van der Waals surface area contributed by atoms with E-state index in [1.165, 1.54) is 0 Å². The third kappa shape index (κ3) is 0.960. The van der Waals surface area contributed by atoms with Gasteiger partial charge in [0.2, 0.25) is 0 Å². The molecule has 0 aliphatic carbocycles. The lowest BCUT2D eigenvalue weighted by Crippen LogP contribution is -1.80. The van der Waals surface area contributed by atoms with Crippen LogP contribution < -0.4 is 0 Å². The van der Waals surface area contributed by atoms with Gasteiger partial charge in [0.25, 0.3) is 0 Å². The Kier molecular flexibility index (Phi) is 1.56. The molecule has 1 aromatic carbocycles. The number of rotatable bonds is 1. The van der Waals surface area contributed by atoms with Gasteiger partial charge in [0, 0.05) is 10.9 Å². The van der Waals surface area contributed by atoms with Crippen LogP contribution >= 0.6 is 0 Å². The predicted octanol–water partition coefficient (Wildman–Crippen LogP) is 2.50. The number of nitriles is 1. The topological polar surface area (TPSA) is 36.9 Å². The lowest BCUT2D eigenvalue weighted by molar-refractivity contribution is 0.612. The Morgan fingerprint density at radius 3 is 3.08 bits per heavy atom. The molecule has 1 aromatic heterocycles. The molecule has 12 heavy (non-hydrogen) atoms. The highest BCUT2D eigenvalue weighted by atomic mass is 16.3. The summed E-state index contributed by atoms with van der Waals surface area (Å²) in [7, 11) is 0. The van der Waals surface area contributed by atoms with E-state index in [4.69, 9.17) is 9.68 Å². The second-order valence-corrected chi connectivity index (χ2v) is 2.59. The first-order valence-corrected chi connectivity index (χ1v) is 3.74. The fourth-order valence-corrected chi connectivity index (χ4v) is 1.28. The van der Waals surface area contributed by atoms with Crippen LogP contribution in [0.2, 0.25) is 0 Å². The Morgan fingerprint density at radius 1 is 1.33 bits per heavy atom. The van der Waals surface area contributed by atoms with Crippen LogP contribution in [-0.2, 0) is 6.42 Å². The van der Waals surface area contributed by atoms with Crippen molar-refractivity contribution in [3.63, 3.8) is 0 Å². The van der Waals surface area contributed by atoms with E-state index in [9.17, 15) is 0 Å². The monoisotopic (exact) mass is 157 g/mol. The molecular formula is C10H7NO. The minimum Gasteiger partial charge on any atom is -0.464 e. The second kappa shape index (κ2) is 2.71. The Labute approximate surface area is 70.0 Å². The summed E-state index contributed by atoms with van der Waals surface area (Å²) < 4.78 is 5.25. The zero-order valence-electron chi connectivity index (χ0n) is 6.45. The minimum atomic E-state index is 0.408. The molecule has 1 heterocycles. The van der Waals surface area contributed by atoms with Crippen molar-refractivity contribution >= 4 is 11.0 Å². The molecule has 0 N–H and O–H groups in total. The highest BCUT2D eigenvalue weighted by Crippen LogP contribution is 2.19. The van der Waals surface area contributed by atoms with Crippen LogP contribution in [0.4, 0.5) is 0 Å². The standard InChI is InChI=1S/C10H7NO/c11-6-4-8-2-1-3-9-5-7-12-10(8)9/h1-3,5,7H,4H2. The van der Waals surface area contributed by atoms with Crippen LogP contribution in [-0.4, -0.2) is 0 Å². The Hall–Kier alpha value is -1.75. The molecule has 0 unspecified atom stereocenters. The molecule has 0 aliphatic rings.